The summed E-state index contributed by atoms with van der Waals surface area (Å²) in [7, 11) is 0. The number of halogens is 3. The molecule has 0 aromatic heterocycles. The van der Waals surface area contributed by atoms with Crippen LogP contribution >= 0.6 is 0 Å². The molecule has 6 heteroatoms. The summed E-state index contributed by atoms with van der Waals surface area (Å²) in [6.45, 7) is 6.90. The van der Waals surface area contributed by atoms with Gasteiger partial charge in [0.05, 0.1) is 6.42 Å². The Bertz CT molecular complexity index is 585. The summed E-state index contributed by atoms with van der Waals surface area (Å²) in [5.74, 6) is 0.823. The fourth-order valence-corrected chi connectivity index (χ4v) is 3.61. The van der Waals surface area contributed by atoms with Gasteiger partial charge in [-0.2, -0.15) is 13.2 Å². The summed E-state index contributed by atoms with van der Waals surface area (Å²) in [4.78, 5) is 10.8. The number of carbonyl (C=O) groups is 1. The predicted octanol–water partition coefficient (Wildman–Crippen LogP) is 6.32. The van der Waals surface area contributed by atoms with Gasteiger partial charge in [-0.05, 0) is 62.5 Å². The SMILES string of the molecule is CC(C)CCNCCC(F)(F)F.Cc1ccc(C2CCCC(CC(=O)O)C2)cc1. The molecule has 1 aromatic carbocycles. The zero-order valence-corrected chi connectivity index (χ0v) is 17.9. The van der Waals surface area contributed by atoms with Crippen molar-refractivity contribution in [1.82, 2.24) is 5.32 Å². The van der Waals surface area contributed by atoms with Crippen LogP contribution in [0.4, 0.5) is 13.2 Å². The molecule has 0 saturated heterocycles. The molecule has 0 amide bonds. The Labute approximate surface area is 173 Å². The molecule has 166 valence electrons. The van der Waals surface area contributed by atoms with Crippen LogP contribution in [0, 0.1) is 18.8 Å². The van der Waals surface area contributed by atoms with Crippen molar-refractivity contribution in [2.24, 2.45) is 11.8 Å². The maximum absolute atomic E-state index is 11.6. The molecule has 0 bridgehead atoms. The molecule has 0 radical (unpaired) electrons. The molecule has 2 unspecified atom stereocenters. The molecule has 2 atom stereocenters. The molecule has 2 N–H and O–H groups in total. The van der Waals surface area contributed by atoms with Gasteiger partial charge in [0.2, 0.25) is 0 Å². The minimum Gasteiger partial charge on any atom is -0.481 e. The zero-order valence-electron chi connectivity index (χ0n) is 17.9. The number of carboxylic acids is 1. The van der Waals surface area contributed by atoms with Gasteiger partial charge in [0.1, 0.15) is 0 Å². The molecule has 1 aliphatic carbocycles. The zero-order chi connectivity index (χ0) is 21.9. The highest BCUT2D eigenvalue weighted by Gasteiger charge is 2.26. The maximum Gasteiger partial charge on any atom is 0.390 e. The van der Waals surface area contributed by atoms with E-state index in [1.807, 2.05) is 13.8 Å². The van der Waals surface area contributed by atoms with Gasteiger partial charge >= 0.3 is 12.1 Å². The number of hydrogen-bond acceptors (Lipinski definition) is 2. The molecular weight excluding hydrogens is 379 g/mol. The molecule has 0 aliphatic heterocycles. The third-order valence-electron chi connectivity index (χ3n) is 5.28. The second-order valence-electron chi connectivity index (χ2n) is 8.54. The average molecular weight is 416 g/mol. The van der Waals surface area contributed by atoms with E-state index >= 15 is 0 Å². The Morgan fingerprint density at radius 3 is 2.38 bits per heavy atom. The third kappa shape index (κ3) is 12.6. The van der Waals surface area contributed by atoms with Crippen LogP contribution < -0.4 is 5.32 Å². The Kier molecular flexibility index (Phi) is 11.3. The molecular formula is C23H36F3NO2. The topological polar surface area (TPSA) is 49.3 Å². The minimum absolute atomic E-state index is 0.0379. The van der Waals surface area contributed by atoms with Gasteiger partial charge in [0, 0.05) is 13.0 Å². The number of aliphatic carboxylic acids is 1. The lowest BCUT2D eigenvalue weighted by atomic mass is 9.77. The molecule has 29 heavy (non-hydrogen) atoms. The fraction of sp³-hybridized carbons (Fsp3) is 0.696. The highest BCUT2D eigenvalue weighted by molar-refractivity contribution is 5.67. The average Bonchev–Trinajstić information content (AvgIpc) is 2.61. The standard InChI is InChI=1S/C15H20O2.C8H16F3N/c1-11-5-7-13(8-6-11)14-4-2-3-12(9-14)10-15(16)17;1-7(2)3-5-12-6-4-8(9,10)11/h5-8,12,14H,2-4,9-10H2,1H3,(H,16,17);7,12H,3-6H2,1-2H3. The number of aryl methyl sites for hydroxylation is 1. The van der Waals surface area contributed by atoms with Crippen molar-refractivity contribution in [1.29, 1.82) is 0 Å². The van der Waals surface area contributed by atoms with Crippen molar-refractivity contribution >= 4 is 5.97 Å². The number of nitrogens with one attached hydrogen (secondary N) is 1. The highest BCUT2D eigenvalue weighted by atomic mass is 19.4. The van der Waals surface area contributed by atoms with E-state index in [2.05, 4.69) is 36.5 Å². The minimum atomic E-state index is -4.02. The lowest BCUT2D eigenvalue weighted by Crippen LogP contribution is -2.23. The van der Waals surface area contributed by atoms with Crippen molar-refractivity contribution in [2.75, 3.05) is 13.1 Å². The van der Waals surface area contributed by atoms with E-state index in [4.69, 9.17) is 5.11 Å². The number of rotatable bonds is 8. The van der Waals surface area contributed by atoms with Crippen molar-refractivity contribution in [3.63, 3.8) is 0 Å². The van der Waals surface area contributed by atoms with Crippen molar-refractivity contribution in [3.8, 4) is 0 Å². The molecule has 1 aliphatic rings. The smallest absolute Gasteiger partial charge is 0.390 e. The number of carboxylic acid groups (broad SMARTS) is 1. The normalized spacial score (nSPS) is 19.6. The first-order valence-corrected chi connectivity index (χ1v) is 10.6. The first kappa shape index (κ1) is 25.5. The predicted molar refractivity (Wildman–Crippen MR) is 111 cm³/mol. The van der Waals surface area contributed by atoms with Crippen LogP contribution in [0.15, 0.2) is 24.3 Å². The lowest BCUT2D eigenvalue weighted by Gasteiger charge is -2.28. The fourth-order valence-electron chi connectivity index (χ4n) is 3.61. The van der Waals surface area contributed by atoms with Gasteiger partial charge in [-0.15, -0.1) is 0 Å². The van der Waals surface area contributed by atoms with Crippen LogP contribution in [0.2, 0.25) is 0 Å². The summed E-state index contributed by atoms with van der Waals surface area (Å²) in [6.07, 6.45) is 0.996. The Morgan fingerprint density at radius 1 is 1.17 bits per heavy atom. The van der Waals surface area contributed by atoms with Crippen LogP contribution in [0.1, 0.15) is 75.8 Å². The highest BCUT2D eigenvalue weighted by Crippen LogP contribution is 2.37. The summed E-state index contributed by atoms with van der Waals surface area (Å²) < 4.78 is 34.8. The van der Waals surface area contributed by atoms with Gasteiger partial charge < -0.3 is 10.4 Å². The summed E-state index contributed by atoms with van der Waals surface area (Å²) >= 11 is 0. The van der Waals surface area contributed by atoms with Gasteiger partial charge in [-0.25, -0.2) is 0 Å². The van der Waals surface area contributed by atoms with Crippen molar-refractivity contribution < 1.29 is 23.1 Å². The van der Waals surface area contributed by atoms with Gasteiger partial charge in [0.25, 0.3) is 0 Å². The second-order valence-corrected chi connectivity index (χ2v) is 8.54. The first-order valence-electron chi connectivity index (χ1n) is 10.6. The van der Waals surface area contributed by atoms with Gasteiger partial charge in [-0.1, -0.05) is 50.1 Å². The van der Waals surface area contributed by atoms with Gasteiger partial charge in [0.15, 0.2) is 0 Å². The molecule has 3 nitrogen and oxygen atoms in total. The second kappa shape index (κ2) is 12.9. The Hall–Kier alpha value is -1.56. The molecule has 1 aromatic rings. The molecule has 1 saturated carbocycles. The summed E-state index contributed by atoms with van der Waals surface area (Å²) in [5.41, 5.74) is 2.66. The Morgan fingerprint density at radius 2 is 1.83 bits per heavy atom. The maximum atomic E-state index is 11.6. The number of hydrogen-bond donors (Lipinski definition) is 2. The quantitative estimate of drug-likeness (QED) is 0.489. The van der Waals surface area contributed by atoms with Crippen LogP contribution in [0.3, 0.4) is 0 Å². The molecule has 0 spiro atoms. The van der Waals surface area contributed by atoms with Gasteiger partial charge in [-0.3, -0.25) is 4.79 Å². The van der Waals surface area contributed by atoms with Crippen LogP contribution in [-0.4, -0.2) is 30.3 Å². The number of alkyl halides is 3. The van der Waals surface area contributed by atoms with E-state index in [1.165, 1.54) is 17.5 Å². The van der Waals surface area contributed by atoms with E-state index in [0.717, 1.165) is 25.7 Å². The first-order chi connectivity index (χ1) is 13.6. The monoisotopic (exact) mass is 415 g/mol. The summed E-state index contributed by atoms with van der Waals surface area (Å²) in [5, 5.41) is 11.6. The van der Waals surface area contributed by atoms with Crippen LogP contribution in [0.25, 0.3) is 0 Å². The molecule has 0 heterocycles. The molecule has 1 fully saturated rings. The van der Waals surface area contributed by atoms with E-state index in [0.29, 0.717) is 30.7 Å². The molecule has 2 rings (SSSR count). The van der Waals surface area contributed by atoms with Crippen LogP contribution in [0.5, 0.6) is 0 Å². The van der Waals surface area contributed by atoms with E-state index in [9.17, 15) is 18.0 Å². The number of benzene rings is 1. The van der Waals surface area contributed by atoms with Crippen molar-refractivity contribution in [2.45, 2.75) is 77.8 Å². The van der Waals surface area contributed by atoms with Crippen molar-refractivity contribution in [3.05, 3.63) is 35.4 Å². The van der Waals surface area contributed by atoms with E-state index in [-0.39, 0.29) is 6.54 Å². The third-order valence-corrected chi connectivity index (χ3v) is 5.28. The van der Waals surface area contributed by atoms with E-state index in [1.54, 1.807) is 0 Å². The summed E-state index contributed by atoms with van der Waals surface area (Å²) in [6, 6.07) is 8.69. The lowest BCUT2D eigenvalue weighted by molar-refractivity contribution is -0.138. The van der Waals surface area contributed by atoms with Crippen LogP contribution in [-0.2, 0) is 4.79 Å². The largest absolute Gasteiger partial charge is 0.481 e. The Balaban J connectivity index is 0.000000311. The van der Waals surface area contributed by atoms with E-state index < -0.39 is 18.6 Å².